The molecule has 1 atom stereocenters. The number of hydrogen-bond donors (Lipinski definition) is 2. The molecule has 1 unspecified atom stereocenters. The Labute approximate surface area is 118 Å². The van der Waals surface area contributed by atoms with E-state index in [0.717, 1.165) is 12.8 Å². The highest BCUT2D eigenvalue weighted by Crippen LogP contribution is 2.41. The monoisotopic (exact) mass is 276 g/mol. The van der Waals surface area contributed by atoms with E-state index in [1.807, 2.05) is 6.08 Å². The average molecular weight is 276 g/mol. The van der Waals surface area contributed by atoms with Gasteiger partial charge in [0.15, 0.2) is 11.5 Å². The molecule has 20 heavy (non-hydrogen) atoms. The smallest absolute Gasteiger partial charge is 0.296 e. The number of hydroxylamine groups is 1. The van der Waals surface area contributed by atoms with E-state index >= 15 is 0 Å². The summed E-state index contributed by atoms with van der Waals surface area (Å²) in [5.41, 5.74) is 3.14. The minimum Gasteiger partial charge on any atom is -0.356 e. The van der Waals surface area contributed by atoms with Crippen molar-refractivity contribution in [2.45, 2.75) is 33.6 Å². The van der Waals surface area contributed by atoms with Gasteiger partial charge in [-0.3, -0.25) is 10.0 Å². The predicted molar refractivity (Wildman–Crippen MR) is 75.1 cm³/mol. The Kier molecular flexibility index (Phi) is 4.09. The van der Waals surface area contributed by atoms with Gasteiger partial charge in [0.25, 0.3) is 5.91 Å². The van der Waals surface area contributed by atoms with Crippen molar-refractivity contribution in [3.63, 3.8) is 0 Å². The Bertz CT molecular complexity index is 555. The van der Waals surface area contributed by atoms with Crippen LogP contribution in [-0.4, -0.2) is 16.3 Å². The van der Waals surface area contributed by atoms with Crippen LogP contribution in [0, 0.1) is 11.3 Å². The second-order valence-electron chi connectivity index (χ2n) is 5.87. The predicted octanol–water partition coefficient (Wildman–Crippen LogP) is 3.19. The Morgan fingerprint density at radius 3 is 3.00 bits per heavy atom. The number of rotatable bonds is 3. The average Bonchev–Trinajstić information content (AvgIpc) is 2.85. The van der Waals surface area contributed by atoms with Gasteiger partial charge in [0.05, 0.1) is 0 Å². The molecule has 1 amide bonds. The van der Waals surface area contributed by atoms with Gasteiger partial charge in [0.2, 0.25) is 0 Å². The highest BCUT2D eigenvalue weighted by molar-refractivity contribution is 5.91. The quantitative estimate of drug-likeness (QED) is 0.505. The number of nitrogens with one attached hydrogen (secondary N) is 1. The van der Waals surface area contributed by atoms with Gasteiger partial charge in [-0.2, -0.15) is 0 Å². The normalized spacial score (nSPS) is 21.8. The molecule has 0 saturated carbocycles. The maximum absolute atomic E-state index is 11.2. The zero-order chi connectivity index (χ0) is 14.8. The molecule has 0 bridgehead atoms. The van der Waals surface area contributed by atoms with E-state index in [2.05, 4.69) is 38.1 Å². The van der Waals surface area contributed by atoms with Gasteiger partial charge in [-0.25, -0.2) is 5.48 Å². The van der Waals surface area contributed by atoms with Crippen LogP contribution in [0.25, 0.3) is 6.08 Å². The van der Waals surface area contributed by atoms with Crippen LogP contribution in [0.2, 0.25) is 0 Å². The van der Waals surface area contributed by atoms with Gasteiger partial charge in [-0.15, -0.1) is 0 Å². The van der Waals surface area contributed by atoms with E-state index in [1.165, 1.54) is 17.1 Å². The van der Waals surface area contributed by atoms with Crippen LogP contribution in [0.3, 0.4) is 0 Å². The first-order valence-corrected chi connectivity index (χ1v) is 6.70. The highest BCUT2D eigenvalue weighted by atomic mass is 16.5. The SMILES string of the molecule is CC1=CCCC(C)(C)C1/C=C/c1cc(C(=O)NO)no1. The van der Waals surface area contributed by atoms with Crippen LogP contribution in [0.15, 0.2) is 28.3 Å². The van der Waals surface area contributed by atoms with Gasteiger partial charge < -0.3 is 4.52 Å². The summed E-state index contributed by atoms with van der Waals surface area (Å²) < 4.78 is 5.05. The standard InChI is InChI=1S/C15H20N2O3/c1-10-5-4-8-15(2,3)12(10)7-6-11-9-13(17-20-11)14(18)16-19/h5-7,9,12,19H,4,8H2,1-3H3,(H,16,18)/b7-6+. The highest BCUT2D eigenvalue weighted by Gasteiger charge is 2.30. The Hall–Kier alpha value is -1.88. The van der Waals surface area contributed by atoms with Crippen LogP contribution >= 0.6 is 0 Å². The number of carbonyl (C=O) groups is 1. The fourth-order valence-electron chi connectivity index (χ4n) is 2.71. The number of amides is 1. The molecular weight excluding hydrogens is 256 g/mol. The molecule has 0 radical (unpaired) electrons. The van der Waals surface area contributed by atoms with Crippen molar-refractivity contribution in [1.82, 2.24) is 10.6 Å². The Morgan fingerprint density at radius 2 is 2.35 bits per heavy atom. The lowest BCUT2D eigenvalue weighted by Crippen LogP contribution is -2.26. The molecule has 0 fully saturated rings. The van der Waals surface area contributed by atoms with Gasteiger partial charge in [-0.05, 0) is 31.3 Å². The third-order valence-electron chi connectivity index (χ3n) is 3.90. The molecule has 0 spiro atoms. The van der Waals surface area contributed by atoms with Gasteiger partial charge >= 0.3 is 0 Å². The van der Waals surface area contributed by atoms with Crippen molar-refractivity contribution in [1.29, 1.82) is 0 Å². The zero-order valence-corrected chi connectivity index (χ0v) is 12.0. The second-order valence-corrected chi connectivity index (χ2v) is 5.87. The summed E-state index contributed by atoms with van der Waals surface area (Å²) >= 11 is 0. The lowest BCUT2D eigenvalue weighted by atomic mass is 9.68. The van der Waals surface area contributed by atoms with Crippen molar-refractivity contribution < 1.29 is 14.5 Å². The lowest BCUT2D eigenvalue weighted by Gasteiger charge is -2.36. The molecule has 5 heteroatoms. The molecular formula is C15H20N2O3. The first-order valence-electron chi connectivity index (χ1n) is 6.70. The number of aromatic nitrogens is 1. The molecule has 0 aromatic carbocycles. The van der Waals surface area contributed by atoms with E-state index in [0.29, 0.717) is 11.7 Å². The van der Waals surface area contributed by atoms with Gasteiger partial charge in [-0.1, -0.05) is 36.7 Å². The van der Waals surface area contributed by atoms with Crippen LogP contribution in [0.1, 0.15) is 49.9 Å². The molecule has 108 valence electrons. The zero-order valence-electron chi connectivity index (χ0n) is 12.0. The molecule has 0 aliphatic heterocycles. The molecule has 0 saturated heterocycles. The van der Waals surface area contributed by atoms with Crippen molar-refractivity contribution in [2.24, 2.45) is 11.3 Å². The summed E-state index contributed by atoms with van der Waals surface area (Å²) in [7, 11) is 0. The number of nitrogens with zero attached hydrogens (tertiary/aromatic N) is 1. The van der Waals surface area contributed by atoms with Crippen molar-refractivity contribution in [3.05, 3.63) is 35.2 Å². The van der Waals surface area contributed by atoms with E-state index in [4.69, 9.17) is 9.73 Å². The third kappa shape index (κ3) is 2.99. The minimum absolute atomic E-state index is 0.0577. The van der Waals surface area contributed by atoms with Crippen molar-refractivity contribution in [3.8, 4) is 0 Å². The van der Waals surface area contributed by atoms with E-state index in [1.54, 1.807) is 0 Å². The second kappa shape index (κ2) is 5.63. The molecule has 1 aliphatic rings. The fourth-order valence-corrected chi connectivity index (χ4v) is 2.71. The molecule has 5 nitrogen and oxygen atoms in total. The molecule has 2 rings (SSSR count). The largest absolute Gasteiger partial charge is 0.356 e. The van der Waals surface area contributed by atoms with Gasteiger partial charge in [0, 0.05) is 12.0 Å². The van der Waals surface area contributed by atoms with Crippen LogP contribution in [-0.2, 0) is 0 Å². The van der Waals surface area contributed by atoms with Crippen LogP contribution in [0.4, 0.5) is 0 Å². The molecule has 1 heterocycles. The first-order chi connectivity index (χ1) is 9.44. The molecule has 1 aromatic heterocycles. The third-order valence-corrected chi connectivity index (χ3v) is 3.90. The van der Waals surface area contributed by atoms with E-state index < -0.39 is 5.91 Å². The summed E-state index contributed by atoms with van der Waals surface area (Å²) in [5, 5.41) is 12.1. The summed E-state index contributed by atoms with van der Waals surface area (Å²) in [5.74, 6) is 0.164. The first kappa shape index (κ1) is 14.5. The summed E-state index contributed by atoms with van der Waals surface area (Å²) in [6.45, 7) is 6.65. The van der Waals surface area contributed by atoms with Crippen molar-refractivity contribution >= 4 is 12.0 Å². The van der Waals surface area contributed by atoms with Crippen molar-refractivity contribution in [2.75, 3.05) is 0 Å². The number of hydrogen-bond acceptors (Lipinski definition) is 4. The summed E-state index contributed by atoms with van der Waals surface area (Å²) in [6, 6.07) is 1.50. The van der Waals surface area contributed by atoms with Crippen LogP contribution in [0.5, 0.6) is 0 Å². The van der Waals surface area contributed by atoms with Gasteiger partial charge in [0.1, 0.15) is 0 Å². The molecule has 1 aromatic rings. The Morgan fingerprint density at radius 1 is 1.60 bits per heavy atom. The minimum atomic E-state index is -0.678. The number of carbonyl (C=O) groups excluding carboxylic acids is 1. The summed E-state index contributed by atoms with van der Waals surface area (Å²) in [4.78, 5) is 11.2. The van der Waals surface area contributed by atoms with E-state index in [9.17, 15) is 4.79 Å². The summed E-state index contributed by atoms with van der Waals surface area (Å²) in [6.07, 6.45) is 8.45. The fraction of sp³-hybridized carbons (Fsp3) is 0.467. The van der Waals surface area contributed by atoms with E-state index in [-0.39, 0.29) is 11.1 Å². The topological polar surface area (TPSA) is 75.4 Å². The maximum Gasteiger partial charge on any atom is 0.296 e. The maximum atomic E-state index is 11.2. The molecule has 1 aliphatic carbocycles. The molecule has 2 N–H and O–H groups in total. The number of allylic oxidation sites excluding steroid dienone is 3. The lowest BCUT2D eigenvalue weighted by molar-refractivity contribution is 0.0696. The van der Waals surface area contributed by atoms with Crippen LogP contribution < -0.4 is 5.48 Å². The Balaban J connectivity index is 2.16.